The molecule has 1 heteroatoms. The van der Waals surface area contributed by atoms with Crippen molar-refractivity contribution in [3.63, 3.8) is 0 Å². The van der Waals surface area contributed by atoms with Gasteiger partial charge in [-0.2, -0.15) is 0 Å². The molecule has 0 bridgehead atoms. The summed E-state index contributed by atoms with van der Waals surface area (Å²) in [6, 6.07) is 6.50. The average Bonchev–Trinajstić information content (AvgIpc) is 2.11. The topological polar surface area (TPSA) is 20.2 Å². The zero-order chi connectivity index (χ0) is 9.84. The molecule has 0 saturated heterocycles. The van der Waals surface area contributed by atoms with Crippen LogP contribution in [0.5, 0.6) is 0 Å². The minimum atomic E-state index is 0.271. The van der Waals surface area contributed by atoms with E-state index in [1.165, 1.54) is 16.7 Å². The maximum absolute atomic E-state index is 8.92. The predicted octanol–water partition coefficient (Wildman–Crippen LogP) is 2.47. The first kappa shape index (κ1) is 10.3. The molecule has 0 radical (unpaired) electrons. The third-order valence-corrected chi connectivity index (χ3v) is 2.47. The van der Waals surface area contributed by atoms with E-state index < -0.39 is 0 Å². The van der Waals surface area contributed by atoms with Crippen molar-refractivity contribution in [3.8, 4) is 0 Å². The fourth-order valence-corrected chi connectivity index (χ4v) is 1.40. The van der Waals surface area contributed by atoms with E-state index in [1.807, 2.05) is 0 Å². The van der Waals surface area contributed by atoms with E-state index in [4.69, 9.17) is 5.11 Å². The van der Waals surface area contributed by atoms with Crippen molar-refractivity contribution in [1.82, 2.24) is 0 Å². The molecule has 1 aromatic rings. The first-order valence-corrected chi connectivity index (χ1v) is 4.80. The van der Waals surface area contributed by atoms with Crippen LogP contribution in [0.3, 0.4) is 0 Å². The first-order valence-electron chi connectivity index (χ1n) is 4.80. The summed E-state index contributed by atoms with van der Waals surface area (Å²) in [5, 5.41) is 8.92. The summed E-state index contributed by atoms with van der Waals surface area (Å²) in [7, 11) is 0. The van der Waals surface area contributed by atoms with Crippen LogP contribution >= 0.6 is 0 Å². The molecule has 1 unspecified atom stereocenters. The Morgan fingerprint density at radius 3 is 2.46 bits per heavy atom. The Hall–Kier alpha value is -0.820. The summed E-state index contributed by atoms with van der Waals surface area (Å²) in [5.74, 6) is 0.363. The average molecular weight is 178 g/mol. The number of hydrogen-bond donors (Lipinski definition) is 1. The highest BCUT2D eigenvalue weighted by atomic mass is 16.3. The van der Waals surface area contributed by atoms with Crippen LogP contribution in [-0.2, 0) is 6.42 Å². The molecular formula is C12H18O. The highest BCUT2D eigenvalue weighted by Crippen LogP contribution is 2.13. The van der Waals surface area contributed by atoms with Crippen LogP contribution in [0.4, 0.5) is 0 Å². The van der Waals surface area contributed by atoms with Gasteiger partial charge in [-0.05, 0) is 42.9 Å². The third kappa shape index (κ3) is 2.85. The zero-order valence-electron chi connectivity index (χ0n) is 8.67. The Balaban J connectivity index is 2.73. The Labute approximate surface area is 80.4 Å². The van der Waals surface area contributed by atoms with Gasteiger partial charge in [0, 0.05) is 6.61 Å². The Bertz CT molecular complexity index is 278. The van der Waals surface area contributed by atoms with Gasteiger partial charge in [0.2, 0.25) is 0 Å². The molecule has 0 aliphatic heterocycles. The second kappa shape index (κ2) is 4.43. The molecule has 72 valence electrons. The molecule has 0 spiro atoms. The van der Waals surface area contributed by atoms with E-state index in [2.05, 4.69) is 39.0 Å². The molecular weight excluding hydrogens is 160 g/mol. The summed E-state index contributed by atoms with van der Waals surface area (Å²) in [4.78, 5) is 0. The lowest BCUT2D eigenvalue weighted by molar-refractivity contribution is 0.237. The highest BCUT2D eigenvalue weighted by molar-refractivity contribution is 5.30. The number of hydrogen-bond acceptors (Lipinski definition) is 1. The van der Waals surface area contributed by atoms with Crippen LogP contribution in [0.1, 0.15) is 23.6 Å². The maximum Gasteiger partial charge on any atom is 0.0459 e. The van der Waals surface area contributed by atoms with Gasteiger partial charge >= 0.3 is 0 Å². The molecule has 0 saturated carbocycles. The number of aliphatic hydroxyl groups excluding tert-OH is 1. The van der Waals surface area contributed by atoms with Gasteiger partial charge in [-0.25, -0.2) is 0 Å². The van der Waals surface area contributed by atoms with E-state index in [9.17, 15) is 0 Å². The smallest absolute Gasteiger partial charge is 0.0459 e. The molecule has 1 atom stereocenters. The van der Waals surface area contributed by atoms with Gasteiger partial charge in [0.25, 0.3) is 0 Å². The van der Waals surface area contributed by atoms with E-state index in [1.54, 1.807) is 0 Å². The normalized spacial score (nSPS) is 12.9. The van der Waals surface area contributed by atoms with Crippen LogP contribution in [0.15, 0.2) is 18.2 Å². The van der Waals surface area contributed by atoms with Gasteiger partial charge in [-0.15, -0.1) is 0 Å². The Morgan fingerprint density at radius 1 is 1.23 bits per heavy atom. The lowest BCUT2D eigenvalue weighted by atomic mass is 9.98. The molecule has 0 aliphatic carbocycles. The van der Waals surface area contributed by atoms with Gasteiger partial charge in [-0.3, -0.25) is 0 Å². The number of benzene rings is 1. The van der Waals surface area contributed by atoms with Crippen molar-refractivity contribution in [2.45, 2.75) is 27.2 Å². The molecule has 1 N–H and O–H groups in total. The maximum atomic E-state index is 8.92. The van der Waals surface area contributed by atoms with Crippen LogP contribution in [0, 0.1) is 19.8 Å². The molecule has 1 nitrogen and oxygen atoms in total. The first-order chi connectivity index (χ1) is 6.13. The van der Waals surface area contributed by atoms with Crippen LogP contribution in [-0.4, -0.2) is 11.7 Å². The minimum Gasteiger partial charge on any atom is -0.396 e. The fraction of sp³-hybridized carbons (Fsp3) is 0.500. The van der Waals surface area contributed by atoms with E-state index in [0.29, 0.717) is 5.92 Å². The monoisotopic (exact) mass is 178 g/mol. The molecule has 0 heterocycles. The van der Waals surface area contributed by atoms with Gasteiger partial charge < -0.3 is 5.11 Å². The van der Waals surface area contributed by atoms with E-state index >= 15 is 0 Å². The fourth-order valence-electron chi connectivity index (χ4n) is 1.40. The van der Waals surface area contributed by atoms with Crippen LogP contribution in [0.25, 0.3) is 0 Å². The number of aryl methyl sites for hydroxylation is 2. The largest absolute Gasteiger partial charge is 0.396 e. The third-order valence-electron chi connectivity index (χ3n) is 2.47. The van der Waals surface area contributed by atoms with Crippen molar-refractivity contribution in [1.29, 1.82) is 0 Å². The van der Waals surface area contributed by atoms with Gasteiger partial charge in [0.05, 0.1) is 0 Å². The second-order valence-electron chi connectivity index (χ2n) is 3.91. The lowest BCUT2D eigenvalue weighted by Gasteiger charge is -2.09. The lowest BCUT2D eigenvalue weighted by Crippen LogP contribution is -2.04. The predicted molar refractivity (Wildman–Crippen MR) is 55.9 cm³/mol. The van der Waals surface area contributed by atoms with Crippen molar-refractivity contribution in [2.75, 3.05) is 6.61 Å². The summed E-state index contributed by atoms with van der Waals surface area (Å²) in [5.41, 5.74) is 3.99. The van der Waals surface area contributed by atoms with E-state index in [0.717, 1.165) is 6.42 Å². The summed E-state index contributed by atoms with van der Waals surface area (Å²) >= 11 is 0. The highest BCUT2D eigenvalue weighted by Gasteiger charge is 2.02. The van der Waals surface area contributed by atoms with E-state index in [-0.39, 0.29) is 6.61 Å². The van der Waals surface area contributed by atoms with Crippen molar-refractivity contribution < 1.29 is 5.11 Å². The summed E-state index contributed by atoms with van der Waals surface area (Å²) in [6.45, 7) is 6.58. The van der Waals surface area contributed by atoms with Gasteiger partial charge in [0.15, 0.2) is 0 Å². The van der Waals surface area contributed by atoms with Gasteiger partial charge in [0.1, 0.15) is 0 Å². The molecule has 0 fully saturated rings. The quantitative estimate of drug-likeness (QED) is 0.754. The standard InChI is InChI=1S/C12H18O/c1-9(8-13)6-12-5-4-10(2)11(3)7-12/h4-5,7,9,13H,6,8H2,1-3H3. The number of aliphatic hydroxyl groups is 1. The second-order valence-corrected chi connectivity index (χ2v) is 3.91. The van der Waals surface area contributed by atoms with Crippen LogP contribution in [0.2, 0.25) is 0 Å². The summed E-state index contributed by atoms with van der Waals surface area (Å²) in [6.07, 6.45) is 0.970. The van der Waals surface area contributed by atoms with Crippen LogP contribution < -0.4 is 0 Å². The van der Waals surface area contributed by atoms with Crippen molar-refractivity contribution in [3.05, 3.63) is 34.9 Å². The number of rotatable bonds is 3. The Kier molecular flexibility index (Phi) is 3.49. The van der Waals surface area contributed by atoms with Crippen molar-refractivity contribution >= 4 is 0 Å². The molecule has 1 aromatic carbocycles. The SMILES string of the molecule is Cc1ccc(CC(C)CO)cc1C. The van der Waals surface area contributed by atoms with Crippen molar-refractivity contribution in [2.24, 2.45) is 5.92 Å². The minimum absolute atomic E-state index is 0.271. The molecule has 1 rings (SSSR count). The zero-order valence-corrected chi connectivity index (χ0v) is 8.67. The molecule has 0 amide bonds. The molecule has 0 aromatic heterocycles. The molecule has 13 heavy (non-hydrogen) atoms. The Morgan fingerprint density at radius 2 is 1.92 bits per heavy atom. The summed E-state index contributed by atoms with van der Waals surface area (Å²) < 4.78 is 0. The molecule has 0 aliphatic rings. The van der Waals surface area contributed by atoms with Gasteiger partial charge in [-0.1, -0.05) is 25.1 Å².